The number of carbonyl (C=O) groups excluding carboxylic acids is 2. The predicted octanol–water partition coefficient (Wildman–Crippen LogP) is 3.48. The summed E-state index contributed by atoms with van der Waals surface area (Å²) in [6, 6.07) is 1.68. The summed E-state index contributed by atoms with van der Waals surface area (Å²) in [5.41, 5.74) is -2.01. The Labute approximate surface area is 149 Å². The zero-order valence-corrected chi connectivity index (χ0v) is 14.8. The summed E-state index contributed by atoms with van der Waals surface area (Å²) in [5, 5.41) is 3.18. The molecule has 146 valence electrons. The average molecular weight is 378 g/mol. The van der Waals surface area contributed by atoms with Crippen molar-refractivity contribution in [2.75, 3.05) is 26.2 Å². The van der Waals surface area contributed by atoms with Gasteiger partial charge in [0.1, 0.15) is 11.4 Å². The molecule has 1 N–H and O–H groups in total. The van der Waals surface area contributed by atoms with Gasteiger partial charge in [0.25, 0.3) is 0 Å². The standard InChI is InChI=1S/C9H18N2O2.C8H4F4O/c1-9(2,3)13-8(12)11-6-4-10-5-7-11;9-7-2-1-6(8(10,11)12)3-5(7)4-13/h10H,4-7H2,1-3H3;1-4H. The van der Waals surface area contributed by atoms with Crippen LogP contribution in [0.1, 0.15) is 36.7 Å². The van der Waals surface area contributed by atoms with Crippen molar-refractivity contribution in [2.24, 2.45) is 0 Å². The molecule has 1 aliphatic rings. The topological polar surface area (TPSA) is 58.6 Å². The van der Waals surface area contributed by atoms with Gasteiger partial charge in [-0.05, 0) is 39.0 Å². The van der Waals surface area contributed by atoms with Gasteiger partial charge >= 0.3 is 12.3 Å². The summed E-state index contributed by atoms with van der Waals surface area (Å²) >= 11 is 0. The highest BCUT2D eigenvalue weighted by Crippen LogP contribution is 2.29. The van der Waals surface area contributed by atoms with Crippen LogP contribution in [0.3, 0.4) is 0 Å². The van der Waals surface area contributed by atoms with E-state index in [2.05, 4.69) is 5.32 Å². The van der Waals surface area contributed by atoms with E-state index in [-0.39, 0.29) is 18.0 Å². The Morgan fingerprint density at radius 1 is 1.19 bits per heavy atom. The fourth-order valence-corrected chi connectivity index (χ4v) is 1.98. The van der Waals surface area contributed by atoms with Gasteiger partial charge in [0.15, 0.2) is 6.29 Å². The summed E-state index contributed by atoms with van der Waals surface area (Å²) in [6.45, 7) is 8.86. The van der Waals surface area contributed by atoms with Crippen LogP contribution < -0.4 is 5.32 Å². The lowest BCUT2D eigenvalue weighted by atomic mass is 10.1. The third kappa shape index (κ3) is 7.38. The van der Waals surface area contributed by atoms with Crippen LogP contribution in [-0.2, 0) is 10.9 Å². The van der Waals surface area contributed by atoms with E-state index in [0.29, 0.717) is 18.2 Å². The summed E-state index contributed by atoms with van der Waals surface area (Å²) in [5.74, 6) is -0.956. The third-order valence-corrected chi connectivity index (χ3v) is 3.22. The number of benzene rings is 1. The van der Waals surface area contributed by atoms with Crippen LogP contribution >= 0.6 is 0 Å². The molecule has 0 aromatic heterocycles. The van der Waals surface area contributed by atoms with Gasteiger partial charge in [-0.3, -0.25) is 4.79 Å². The van der Waals surface area contributed by atoms with Crippen molar-refractivity contribution in [3.63, 3.8) is 0 Å². The maximum atomic E-state index is 12.6. The zero-order chi connectivity index (χ0) is 20.0. The molecule has 0 radical (unpaired) electrons. The maximum absolute atomic E-state index is 12.6. The van der Waals surface area contributed by atoms with Crippen LogP contribution in [-0.4, -0.2) is 49.1 Å². The first-order valence-electron chi connectivity index (χ1n) is 7.94. The first kappa shape index (κ1) is 21.9. The lowest BCUT2D eigenvalue weighted by Crippen LogP contribution is -2.48. The predicted molar refractivity (Wildman–Crippen MR) is 87.5 cm³/mol. The van der Waals surface area contributed by atoms with Crippen molar-refractivity contribution in [2.45, 2.75) is 32.5 Å². The molecule has 1 aliphatic heterocycles. The van der Waals surface area contributed by atoms with E-state index in [1.165, 1.54) is 0 Å². The molecule has 9 heteroatoms. The van der Waals surface area contributed by atoms with Gasteiger partial charge in [-0.15, -0.1) is 0 Å². The highest BCUT2D eigenvalue weighted by molar-refractivity contribution is 5.75. The number of aldehydes is 1. The quantitative estimate of drug-likeness (QED) is 0.600. The van der Waals surface area contributed by atoms with Crippen LogP contribution in [0.5, 0.6) is 0 Å². The average Bonchev–Trinajstić information content (AvgIpc) is 2.54. The van der Waals surface area contributed by atoms with Gasteiger partial charge < -0.3 is 15.0 Å². The van der Waals surface area contributed by atoms with Crippen LogP contribution in [0.15, 0.2) is 18.2 Å². The van der Waals surface area contributed by atoms with Crippen LogP contribution in [0.25, 0.3) is 0 Å². The maximum Gasteiger partial charge on any atom is 0.416 e. The minimum Gasteiger partial charge on any atom is -0.444 e. The second kappa shape index (κ2) is 8.98. The van der Waals surface area contributed by atoms with Crippen molar-refractivity contribution in [3.8, 4) is 0 Å². The number of rotatable bonds is 1. The number of nitrogens with zero attached hydrogens (tertiary/aromatic N) is 1. The molecule has 26 heavy (non-hydrogen) atoms. The second-order valence-electron chi connectivity index (χ2n) is 6.57. The lowest BCUT2D eigenvalue weighted by molar-refractivity contribution is -0.137. The van der Waals surface area contributed by atoms with E-state index >= 15 is 0 Å². The van der Waals surface area contributed by atoms with Crippen molar-refractivity contribution < 1.29 is 31.9 Å². The lowest BCUT2D eigenvalue weighted by Gasteiger charge is -2.30. The highest BCUT2D eigenvalue weighted by Gasteiger charge is 2.31. The molecule has 0 unspecified atom stereocenters. The molecular formula is C17H22F4N2O3. The number of nitrogens with one attached hydrogen (secondary N) is 1. The summed E-state index contributed by atoms with van der Waals surface area (Å²) < 4.78 is 53.8. The molecule has 0 saturated carbocycles. The molecule has 1 heterocycles. The van der Waals surface area contributed by atoms with Crippen LogP contribution in [0.2, 0.25) is 0 Å². The molecule has 5 nitrogen and oxygen atoms in total. The number of ether oxygens (including phenoxy) is 1. The number of hydrogen-bond acceptors (Lipinski definition) is 4. The zero-order valence-electron chi connectivity index (χ0n) is 14.8. The van der Waals surface area contributed by atoms with Gasteiger partial charge in [-0.25, -0.2) is 9.18 Å². The highest BCUT2D eigenvalue weighted by atomic mass is 19.4. The SMILES string of the molecule is CC(C)(C)OC(=O)N1CCNCC1.O=Cc1cc(C(F)(F)F)ccc1F. The molecule has 2 rings (SSSR count). The van der Waals surface area contributed by atoms with Crippen molar-refractivity contribution in [3.05, 3.63) is 35.1 Å². The van der Waals surface area contributed by atoms with E-state index in [9.17, 15) is 27.2 Å². The smallest absolute Gasteiger partial charge is 0.416 e. The number of alkyl halides is 3. The van der Waals surface area contributed by atoms with Crippen molar-refractivity contribution in [1.82, 2.24) is 10.2 Å². The van der Waals surface area contributed by atoms with Gasteiger partial charge in [0.2, 0.25) is 0 Å². The number of amides is 1. The molecule has 0 spiro atoms. The Balaban J connectivity index is 0.000000260. The van der Waals surface area contributed by atoms with E-state index in [1.54, 1.807) is 4.90 Å². The number of carbonyl (C=O) groups is 2. The normalized spacial score (nSPS) is 15.0. The minimum absolute atomic E-state index is 0.0462. The number of halogens is 4. The Hall–Kier alpha value is -2.16. The van der Waals surface area contributed by atoms with Gasteiger partial charge in [0, 0.05) is 26.2 Å². The van der Waals surface area contributed by atoms with E-state index in [4.69, 9.17) is 4.74 Å². The molecule has 1 saturated heterocycles. The van der Waals surface area contributed by atoms with Gasteiger partial charge in [0.05, 0.1) is 11.1 Å². The van der Waals surface area contributed by atoms with Crippen molar-refractivity contribution >= 4 is 12.4 Å². The fourth-order valence-electron chi connectivity index (χ4n) is 1.98. The molecule has 1 amide bonds. The molecule has 1 aromatic carbocycles. The van der Waals surface area contributed by atoms with E-state index < -0.39 is 23.1 Å². The molecule has 1 fully saturated rings. The van der Waals surface area contributed by atoms with Gasteiger partial charge in [-0.2, -0.15) is 13.2 Å². The van der Waals surface area contributed by atoms with Gasteiger partial charge in [-0.1, -0.05) is 0 Å². The Bertz CT molecular complexity index is 621. The van der Waals surface area contributed by atoms with Crippen LogP contribution in [0, 0.1) is 5.82 Å². The molecule has 0 bridgehead atoms. The second-order valence-corrected chi connectivity index (χ2v) is 6.57. The Kier molecular flexibility index (Phi) is 7.55. The van der Waals surface area contributed by atoms with Crippen LogP contribution in [0.4, 0.5) is 22.4 Å². The Morgan fingerprint density at radius 3 is 2.23 bits per heavy atom. The molecular weight excluding hydrogens is 356 g/mol. The number of piperazine rings is 1. The third-order valence-electron chi connectivity index (χ3n) is 3.22. The molecule has 1 aromatic rings. The summed E-state index contributed by atoms with van der Waals surface area (Å²) in [7, 11) is 0. The summed E-state index contributed by atoms with van der Waals surface area (Å²) in [6.07, 6.45) is -4.70. The molecule has 0 aliphatic carbocycles. The van der Waals surface area contributed by atoms with E-state index in [0.717, 1.165) is 26.2 Å². The first-order valence-corrected chi connectivity index (χ1v) is 7.94. The summed E-state index contributed by atoms with van der Waals surface area (Å²) in [4.78, 5) is 23.3. The van der Waals surface area contributed by atoms with Crippen molar-refractivity contribution in [1.29, 1.82) is 0 Å². The monoisotopic (exact) mass is 378 g/mol. The largest absolute Gasteiger partial charge is 0.444 e. The number of hydrogen-bond donors (Lipinski definition) is 1. The van der Waals surface area contributed by atoms with E-state index in [1.807, 2.05) is 20.8 Å². The fraction of sp³-hybridized carbons (Fsp3) is 0.529. The Morgan fingerprint density at radius 2 is 1.77 bits per heavy atom. The minimum atomic E-state index is -4.55. The first-order chi connectivity index (χ1) is 11.9. The molecule has 0 atom stereocenters.